The number of aromatic nitrogens is 1. The zero-order valence-corrected chi connectivity index (χ0v) is 11.2. The molecule has 0 saturated heterocycles. The molecule has 1 aromatic heterocycles. The Morgan fingerprint density at radius 3 is 2.95 bits per heavy atom. The minimum Gasteiger partial charge on any atom is -0.393 e. The van der Waals surface area contributed by atoms with Crippen LogP contribution in [0, 0.1) is 0 Å². The van der Waals surface area contributed by atoms with Crippen LogP contribution in [0.3, 0.4) is 0 Å². The van der Waals surface area contributed by atoms with Gasteiger partial charge in [-0.2, -0.15) is 0 Å². The second-order valence-electron chi connectivity index (χ2n) is 4.81. The van der Waals surface area contributed by atoms with Crippen molar-refractivity contribution in [1.82, 2.24) is 9.88 Å². The molecule has 0 bridgehead atoms. The third-order valence-electron chi connectivity index (χ3n) is 3.14. The number of carbonyl (C=O) groups is 1. The molecular weight excluding hydrogens is 240 g/mol. The molecule has 4 heteroatoms. The van der Waals surface area contributed by atoms with Crippen LogP contribution in [0.2, 0.25) is 0 Å². The van der Waals surface area contributed by atoms with E-state index in [-0.39, 0.29) is 12.0 Å². The monoisotopic (exact) mass is 260 g/mol. The zero-order chi connectivity index (χ0) is 13.7. The van der Waals surface area contributed by atoms with Crippen molar-refractivity contribution < 1.29 is 9.90 Å². The number of hydrogen-bond acceptors (Lipinski definition) is 2. The fourth-order valence-corrected chi connectivity index (χ4v) is 2.07. The normalized spacial score (nSPS) is 12.5. The zero-order valence-electron chi connectivity index (χ0n) is 11.2. The summed E-state index contributed by atoms with van der Waals surface area (Å²) in [7, 11) is 0. The van der Waals surface area contributed by atoms with Crippen LogP contribution in [-0.4, -0.2) is 28.2 Å². The first-order valence-corrected chi connectivity index (χ1v) is 6.65. The number of amides is 1. The van der Waals surface area contributed by atoms with Crippen molar-refractivity contribution in [3.63, 3.8) is 0 Å². The van der Waals surface area contributed by atoms with Crippen molar-refractivity contribution in [2.75, 3.05) is 6.54 Å². The lowest BCUT2D eigenvalue weighted by molar-refractivity contribution is -0.121. The molecule has 1 unspecified atom stereocenters. The minimum absolute atomic E-state index is 0.0263. The molecule has 0 saturated carbocycles. The first-order chi connectivity index (χ1) is 9.16. The average Bonchev–Trinajstić information content (AvgIpc) is 2.79. The molecule has 2 N–H and O–H groups in total. The van der Waals surface area contributed by atoms with Crippen LogP contribution in [0.15, 0.2) is 36.5 Å². The van der Waals surface area contributed by atoms with E-state index in [1.807, 2.05) is 18.3 Å². The van der Waals surface area contributed by atoms with Crippen molar-refractivity contribution in [1.29, 1.82) is 0 Å². The van der Waals surface area contributed by atoms with E-state index in [9.17, 15) is 4.79 Å². The summed E-state index contributed by atoms with van der Waals surface area (Å²) < 4.78 is 2.09. The number of aliphatic hydroxyl groups is 1. The molecule has 0 radical (unpaired) electrons. The Morgan fingerprint density at radius 1 is 1.37 bits per heavy atom. The maximum atomic E-state index is 11.6. The first-order valence-electron chi connectivity index (χ1n) is 6.65. The summed E-state index contributed by atoms with van der Waals surface area (Å²) in [6.45, 7) is 2.93. The van der Waals surface area contributed by atoms with Gasteiger partial charge in [0.25, 0.3) is 0 Å². The minimum atomic E-state index is -0.367. The highest BCUT2D eigenvalue weighted by Crippen LogP contribution is 2.15. The van der Waals surface area contributed by atoms with Gasteiger partial charge in [0.1, 0.15) is 0 Å². The van der Waals surface area contributed by atoms with Crippen molar-refractivity contribution in [3.8, 4) is 0 Å². The smallest absolute Gasteiger partial charge is 0.221 e. The highest BCUT2D eigenvalue weighted by atomic mass is 16.3. The first kappa shape index (κ1) is 13.6. The Bertz CT molecular complexity index is 546. The van der Waals surface area contributed by atoms with E-state index in [2.05, 4.69) is 28.1 Å². The van der Waals surface area contributed by atoms with Crippen molar-refractivity contribution >= 4 is 16.8 Å². The summed E-state index contributed by atoms with van der Waals surface area (Å²) in [5.74, 6) is 0.0263. The van der Waals surface area contributed by atoms with Gasteiger partial charge in [-0.15, -0.1) is 0 Å². The van der Waals surface area contributed by atoms with Crippen molar-refractivity contribution in [3.05, 3.63) is 36.5 Å². The van der Waals surface area contributed by atoms with Gasteiger partial charge in [0.2, 0.25) is 5.91 Å². The fraction of sp³-hybridized carbons (Fsp3) is 0.400. The van der Waals surface area contributed by atoms with Gasteiger partial charge < -0.3 is 15.0 Å². The lowest BCUT2D eigenvalue weighted by Gasteiger charge is -2.08. The number of rotatable bonds is 6. The second-order valence-corrected chi connectivity index (χ2v) is 4.81. The van der Waals surface area contributed by atoms with Gasteiger partial charge >= 0.3 is 0 Å². The summed E-state index contributed by atoms with van der Waals surface area (Å²) in [5.41, 5.74) is 1.15. The van der Waals surface area contributed by atoms with Gasteiger partial charge in [-0.3, -0.25) is 4.79 Å². The molecule has 2 aromatic rings. The number of benzene rings is 1. The van der Waals surface area contributed by atoms with Crippen LogP contribution in [0.25, 0.3) is 10.9 Å². The molecule has 0 aliphatic carbocycles. The number of nitrogens with one attached hydrogen (secondary N) is 1. The molecule has 1 heterocycles. The molecule has 19 heavy (non-hydrogen) atoms. The Morgan fingerprint density at radius 2 is 2.16 bits per heavy atom. The third kappa shape index (κ3) is 3.83. The van der Waals surface area contributed by atoms with Crippen LogP contribution >= 0.6 is 0 Å². The van der Waals surface area contributed by atoms with E-state index < -0.39 is 0 Å². The molecule has 1 amide bonds. The second kappa shape index (κ2) is 6.38. The molecular formula is C15H20N2O2. The van der Waals surface area contributed by atoms with Gasteiger partial charge in [0.15, 0.2) is 0 Å². The number of hydrogen-bond donors (Lipinski definition) is 2. The predicted octanol–water partition coefficient (Wildman–Crippen LogP) is 1.92. The largest absolute Gasteiger partial charge is 0.393 e. The summed E-state index contributed by atoms with van der Waals surface area (Å²) in [5, 5.41) is 13.1. The lowest BCUT2D eigenvalue weighted by atomic mass is 10.2. The van der Waals surface area contributed by atoms with Gasteiger partial charge in [0.05, 0.1) is 6.10 Å². The topological polar surface area (TPSA) is 54.3 Å². The van der Waals surface area contributed by atoms with Gasteiger partial charge in [0, 0.05) is 31.2 Å². The molecule has 0 aliphatic rings. The van der Waals surface area contributed by atoms with E-state index in [0.717, 1.165) is 5.52 Å². The van der Waals surface area contributed by atoms with E-state index in [1.165, 1.54) is 5.39 Å². The van der Waals surface area contributed by atoms with E-state index in [0.29, 0.717) is 25.9 Å². The number of aryl methyl sites for hydroxylation is 1. The molecule has 0 spiro atoms. The predicted molar refractivity (Wildman–Crippen MR) is 75.9 cm³/mol. The molecule has 0 aliphatic heterocycles. The van der Waals surface area contributed by atoms with Gasteiger partial charge in [-0.25, -0.2) is 0 Å². The molecule has 2 rings (SSSR count). The Labute approximate surface area is 113 Å². The number of nitrogens with zero attached hydrogens (tertiary/aromatic N) is 1. The molecule has 0 fully saturated rings. The number of fused-ring (bicyclic) bond motifs is 1. The molecule has 1 aromatic carbocycles. The lowest BCUT2D eigenvalue weighted by Crippen LogP contribution is -2.27. The third-order valence-corrected chi connectivity index (χ3v) is 3.14. The SMILES string of the molecule is CC(O)CCNC(=O)CCn1ccc2ccccc21. The Hall–Kier alpha value is -1.81. The highest BCUT2D eigenvalue weighted by molar-refractivity contribution is 5.80. The molecule has 4 nitrogen and oxygen atoms in total. The van der Waals surface area contributed by atoms with E-state index in [4.69, 9.17) is 5.11 Å². The summed E-state index contributed by atoms with van der Waals surface area (Å²) in [6.07, 6.45) is 2.69. The number of aliphatic hydroxyl groups excluding tert-OH is 1. The van der Waals surface area contributed by atoms with E-state index in [1.54, 1.807) is 6.92 Å². The van der Waals surface area contributed by atoms with Gasteiger partial charge in [-0.05, 0) is 30.9 Å². The summed E-state index contributed by atoms with van der Waals surface area (Å²) in [6, 6.07) is 10.2. The standard InChI is InChI=1S/C15H20N2O2/c1-12(18)6-9-16-15(19)8-11-17-10-7-13-4-2-3-5-14(13)17/h2-5,7,10,12,18H,6,8-9,11H2,1H3,(H,16,19). The summed E-state index contributed by atoms with van der Waals surface area (Å²) >= 11 is 0. The maximum Gasteiger partial charge on any atom is 0.221 e. The highest BCUT2D eigenvalue weighted by Gasteiger charge is 2.04. The number of para-hydroxylation sites is 1. The quantitative estimate of drug-likeness (QED) is 0.833. The van der Waals surface area contributed by atoms with Crippen molar-refractivity contribution in [2.45, 2.75) is 32.4 Å². The van der Waals surface area contributed by atoms with Crippen LogP contribution in [0.4, 0.5) is 0 Å². The van der Waals surface area contributed by atoms with Crippen LogP contribution in [0.1, 0.15) is 19.8 Å². The number of carbonyl (C=O) groups excluding carboxylic acids is 1. The average molecular weight is 260 g/mol. The van der Waals surface area contributed by atoms with Crippen LogP contribution < -0.4 is 5.32 Å². The fourth-order valence-electron chi connectivity index (χ4n) is 2.07. The molecule has 102 valence electrons. The summed E-state index contributed by atoms with van der Waals surface area (Å²) in [4.78, 5) is 11.6. The van der Waals surface area contributed by atoms with E-state index >= 15 is 0 Å². The van der Waals surface area contributed by atoms with Crippen LogP contribution in [-0.2, 0) is 11.3 Å². The Balaban J connectivity index is 1.83. The maximum absolute atomic E-state index is 11.6. The van der Waals surface area contributed by atoms with Gasteiger partial charge in [-0.1, -0.05) is 18.2 Å². The van der Waals surface area contributed by atoms with Crippen LogP contribution in [0.5, 0.6) is 0 Å². The van der Waals surface area contributed by atoms with Crippen molar-refractivity contribution in [2.24, 2.45) is 0 Å². The molecule has 1 atom stereocenters. The Kier molecular flexibility index (Phi) is 4.58.